The Labute approximate surface area is 186 Å². The number of anilines is 1. The molecule has 2 N–H and O–H groups in total. The highest BCUT2D eigenvalue weighted by Crippen LogP contribution is 2.31. The zero-order valence-electron chi connectivity index (χ0n) is 17.7. The Hall–Kier alpha value is -3.53. The van der Waals surface area contributed by atoms with Crippen molar-refractivity contribution in [1.82, 2.24) is 0 Å². The van der Waals surface area contributed by atoms with Gasteiger partial charge in [-0.3, -0.25) is 4.79 Å². The summed E-state index contributed by atoms with van der Waals surface area (Å²) in [4.78, 5) is 25.7. The van der Waals surface area contributed by atoms with E-state index in [0.717, 1.165) is 22.8 Å². The molecule has 33 heavy (non-hydrogen) atoms. The number of carbonyl (C=O) groups is 2. The Morgan fingerprint density at radius 2 is 1.82 bits per heavy atom. The summed E-state index contributed by atoms with van der Waals surface area (Å²) in [5.74, 6) is -4.06. The van der Waals surface area contributed by atoms with Gasteiger partial charge in [-0.25, -0.2) is 9.18 Å². The van der Waals surface area contributed by atoms with Crippen molar-refractivity contribution in [3.63, 3.8) is 0 Å². The second kappa shape index (κ2) is 9.14. The van der Waals surface area contributed by atoms with Crippen LogP contribution in [0.25, 0.3) is 0 Å². The summed E-state index contributed by atoms with van der Waals surface area (Å²) in [7, 11) is 0. The normalized spacial score (nSPS) is 16.4. The lowest BCUT2D eigenvalue weighted by atomic mass is 9.98. The molecule has 1 atom stereocenters. The molecule has 10 heteroatoms. The molecule has 3 rings (SSSR count). The highest BCUT2D eigenvalue weighted by atomic mass is 19.4. The van der Waals surface area contributed by atoms with Crippen LogP contribution in [0, 0.1) is 11.7 Å². The van der Waals surface area contributed by atoms with Gasteiger partial charge in [0.05, 0.1) is 5.60 Å². The predicted molar refractivity (Wildman–Crippen MR) is 112 cm³/mol. The summed E-state index contributed by atoms with van der Waals surface area (Å²) in [6, 6.07) is 9.17. The fraction of sp³-hybridized carbons (Fsp3) is 0.261. The summed E-state index contributed by atoms with van der Waals surface area (Å²) in [6.07, 6.45) is -0.695. The van der Waals surface area contributed by atoms with Crippen molar-refractivity contribution in [2.45, 2.75) is 25.6 Å². The van der Waals surface area contributed by atoms with E-state index in [2.05, 4.69) is 10.1 Å². The van der Waals surface area contributed by atoms with E-state index in [1.807, 2.05) is 0 Å². The van der Waals surface area contributed by atoms with Crippen LogP contribution in [-0.2, 0) is 15.2 Å². The topological polar surface area (TPSA) is 78.6 Å². The molecule has 0 aliphatic carbocycles. The fourth-order valence-electron chi connectivity index (χ4n) is 3.09. The highest BCUT2D eigenvalue weighted by molar-refractivity contribution is 6.08. The van der Waals surface area contributed by atoms with E-state index < -0.39 is 47.7 Å². The molecule has 0 bridgehead atoms. The number of aliphatic hydroxyl groups is 1. The quantitative estimate of drug-likeness (QED) is 0.383. The number of ether oxygens (including phenoxy) is 1. The van der Waals surface area contributed by atoms with Crippen molar-refractivity contribution in [2.75, 3.05) is 11.9 Å². The van der Waals surface area contributed by atoms with Gasteiger partial charge >= 0.3 is 12.1 Å². The standard InChI is InChI=1S/C23H20F4N2O4/c1-22(2,32)14-5-8-16(9-6-14)28-20(30)17-4-3-11-29(21(17)31)18-10-7-15(24)12-19(18)33-13-23(25,26)27/h3-12,17,32H,13H2,1-2H3/p+1. The maximum atomic E-state index is 13.6. The number of hydrogen-bond acceptors (Lipinski definition) is 4. The number of allylic oxidation sites excluding steroid dienone is 1. The minimum absolute atomic E-state index is 0.137. The van der Waals surface area contributed by atoms with Crippen LogP contribution < -0.4 is 10.1 Å². The van der Waals surface area contributed by atoms with Gasteiger partial charge in [-0.15, -0.1) is 4.58 Å². The number of benzene rings is 2. The molecule has 0 fully saturated rings. The molecule has 2 amide bonds. The second-order valence-electron chi connectivity index (χ2n) is 7.86. The summed E-state index contributed by atoms with van der Waals surface area (Å²) < 4.78 is 57.0. The van der Waals surface area contributed by atoms with E-state index in [9.17, 15) is 32.3 Å². The largest absolute Gasteiger partial charge is 0.477 e. The van der Waals surface area contributed by atoms with E-state index >= 15 is 0 Å². The number of nitrogens with one attached hydrogen (secondary N) is 1. The number of halogens is 4. The zero-order chi connectivity index (χ0) is 24.4. The monoisotopic (exact) mass is 465 g/mol. The Balaban J connectivity index is 1.80. The molecule has 6 nitrogen and oxygen atoms in total. The third kappa shape index (κ3) is 6.04. The van der Waals surface area contributed by atoms with Crippen LogP contribution in [0.4, 0.5) is 28.9 Å². The lowest BCUT2D eigenvalue weighted by Crippen LogP contribution is -2.36. The van der Waals surface area contributed by atoms with Gasteiger partial charge in [0.25, 0.3) is 5.69 Å². The van der Waals surface area contributed by atoms with Crippen LogP contribution in [-0.4, -0.2) is 40.5 Å². The average Bonchev–Trinajstić information content (AvgIpc) is 2.72. The third-order valence-corrected chi connectivity index (χ3v) is 4.76. The molecular weight excluding hydrogens is 444 g/mol. The van der Waals surface area contributed by atoms with Gasteiger partial charge in [0, 0.05) is 17.8 Å². The van der Waals surface area contributed by atoms with Gasteiger partial charge in [-0.05, 0) is 43.7 Å². The Bertz CT molecular complexity index is 1120. The average molecular weight is 465 g/mol. The van der Waals surface area contributed by atoms with Crippen LogP contribution in [0.15, 0.2) is 54.6 Å². The van der Waals surface area contributed by atoms with Gasteiger partial charge < -0.3 is 15.2 Å². The SMILES string of the molecule is CC(C)(O)c1ccc(NC(=O)C2C=CC=[N+](c3ccc(F)cc3OCC(F)(F)F)C2=O)cc1. The number of alkyl halides is 3. The Morgan fingerprint density at radius 1 is 1.15 bits per heavy atom. The summed E-state index contributed by atoms with van der Waals surface area (Å²) in [5, 5.41) is 12.6. The van der Waals surface area contributed by atoms with E-state index in [1.165, 1.54) is 18.4 Å². The Morgan fingerprint density at radius 3 is 2.42 bits per heavy atom. The molecule has 0 spiro atoms. The van der Waals surface area contributed by atoms with E-state index in [4.69, 9.17) is 0 Å². The minimum atomic E-state index is -4.66. The van der Waals surface area contributed by atoms with Gasteiger partial charge in [0.2, 0.25) is 5.91 Å². The van der Waals surface area contributed by atoms with Crippen molar-refractivity contribution in [2.24, 2.45) is 5.92 Å². The molecule has 1 unspecified atom stereocenters. The molecule has 0 saturated carbocycles. The number of carbonyl (C=O) groups excluding carboxylic acids is 2. The van der Waals surface area contributed by atoms with E-state index in [1.54, 1.807) is 38.1 Å². The van der Waals surface area contributed by atoms with Crippen LogP contribution in [0.3, 0.4) is 0 Å². The molecule has 1 aliphatic heterocycles. The van der Waals surface area contributed by atoms with E-state index in [-0.39, 0.29) is 5.69 Å². The number of amides is 2. The maximum Gasteiger partial charge on any atom is 0.422 e. The van der Waals surface area contributed by atoms with Crippen molar-refractivity contribution >= 4 is 29.4 Å². The smallest absolute Gasteiger partial charge is 0.422 e. The van der Waals surface area contributed by atoms with Crippen LogP contribution in [0.1, 0.15) is 19.4 Å². The number of hydrogen-bond donors (Lipinski definition) is 2. The Kier molecular flexibility index (Phi) is 6.68. The lowest BCUT2D eigenvalue weighted by Gasteiger charge is -2.18. The molecule has 1 aliphatic rings. The third-order valence-electron chi connectivity index (χ3n) is 4.76. The maximum absolute atomic E-state index is 13.6. The molecule has 0 aromatic heterocycles. The summed E-state index contributed by atoms with van der Waals surface area (Å²) in [5.41, 5.74) is -0.201. The van der Waals surface area contributed by atoms with Gasteiger partial charge in [0.1, 0.15) is 5.82 Å². The molecule has 2 aromatic carbocycles. The fourth-order valence-corrected chi connectivity index (χ4v) is 3.09. The van der Waals surface area contributed by atoms with Gasteiger partial charge in [0.15, 0.2) is 24.5 Å². The molecule has 0 radical (unpaired) electrons. The van der Waals surface area contributed by atoms with Crippen molar-refractivity contribution in [3.05, 3.63) is 66.0 Å². The predicted octanol–water partition coefficient (Wildman–Crippen LogP) is 4.06. The van der Waals surface area contributed by atoms with Gasteiger partial charge in [-0.2, -0.15) is 13.2 Å². The van der Waals surface area contributed by atoms with Gasteiger partial charge in [-0.1, -0.05) is 18.2 Å². The summed E-state index contributed by atoms with van der Waals surface area (Å²) >= 11 is 0. The molecule has 2 aromatic rings. The first-order valence-corrected chi connectivity index (χ1v) is 9.83. The molecule has 0 saturated heterocycles. The van der Waals surface area contributed by atoms with Crippen molar-refractivity contribution in [1.29, 1.82) is 0 Å². The van der Waals surface area contributed by atoms with Crippen molar-refractivity contribution in [3.8, 4) is 5.75 Å². The highest BCUT2D eigenvalue weighted by Gasteiger charge is 2.38. The van der Waals surface area contributed by atoms with E-state index in [0.29, 0.717) is 11.3 Å². The second-order valence-corrected chi connectivity index (χ2v) is 7.86. The first kappa shape index (κ1) is 24.1. The molecule has 174 valence electrons. The van der Waals surface area contributed by atoms with Crippen molar-refractivity contribution < 1.29 is 41.6 Å². The first-order chi connectivity index (χ1) is 15.3. The van der Waals surface area contributed by atoms with Crippen LogP contribution in [0.5, 0.6) is 5.75 Å². The van der Waals surface area contributed by atoms with Crippen LogP contribution >= 0.6 is 0 Å². The van der Waals surface area contributed by atoms with Crippen LogP contribution in [0.2, 0.25) is 0 Å². The first-order valence-electron chi connectivity index (χ1n) is 9.83. The lowest BCUT2D eigenvalue weighted by molar-refractivity contribution is -0.366. The molecule has 1 heterocycles. The molecular formula is C23H21F4N2O4+. The summed E-state index contributed by atoms with van der Waals surface area (Å²) in [6.45, 7) is 1.55. The zero-order valence-corrected chi connectivity index (χ0v) is 17.7. The number of rotatable bonds is 6. The minimum Gasteiger partial charge on any atom is -0.477 e. The number of nitrogens with zero attached hydrogens (tertiary/aromatic N) is 1.